The van der Waals surface area contributed by atoms with Crippen molar-refractivity contribution in [3.63, 3.8) is 0 Å². The Kier molecular flexibility index (Phi) is 3.07. The van der Waals surface area contributed by atoms with Crippen molar-refractivity contribution < 1.29 is 4.79 Å². The van der Waals surface area contributed by atoms with Gasteiger partial charge in [-0.15, -0.1) is 0 Å². The van der Waals surface area contributed by atoms with E-state index in [2.05, 4.69) is 20.3 Å². The van der Waals surface area contributed by atoms with Crippen molar-refractivity contribution in [2.45, 2.75) is 0 Å². The van der Waals surface area contributed by atoms with Crippen LogP contribution >= 0.6 is 11.6 Å². The maximum Gasteiger partial charge on any atom is 0.261 e. The van der Waals surface area contributed by atoms with Gasteiger partial charge in [0.25, 0.3) is 5.91 Å². The molecule has 6 heteroatoms. The molecule has 2 heterocycles. The summed E-state index contributed by atoms with van der Waals surface area (Å²) in [6.45, 7) is 0. The molecule has 80 valence electrons. The summed E-state index contributed by atoms with van der Waals surface area (Å²) in [5, 5.41) is 2.85. The van der Waals surface area contributed by atoms with Crippen molar-refractivity contribution in [2.75, 3.05) is 5.32 Å². The summed E-state index contributed by atoms with van der Waals surface area (Å²) < 4.78 is 0. The number of amides is 1. The molecule has 0 radical (unpaired) electrons. The molecule has 0 fully saturated rings. The highest BCUT2D eigenvalue weighted by Gasteiger charge is 2.10. The number of rotatable bonds is 2. The Bertz CT molecular complexity index is 503. The van der Waals surface area contributed by atoms with E-state index in [9.17, 15) is 4.79 Å². The van der Waals surface area contributed by atoms with E-state index in [0.29, 0.717) is 5.02 Å². The van der Waals surface area contributed by atoms with Crippen molar-refractivity contribution in [1.82, 2.24) is 15.0 Å². The summed E-state index contributed by atoms with van der Waals surface area (Å²) in [6, 6.07) is 3.20. The van der Waals surface area contributed by atoms with Crippen molar-refractivity contribution in [3.05, 3.63) is 47.5 Å². The van der Waals surface area contributed by atoms with Crippen molar-refractivity contribution in [1.29, 1.82) is 0 Å². The molecular formula is C10H7ClN4O. The number of aromatic nitrogens is 3. The number of carbonyl (C=O) groups is 1. The van der Waals surface area contributed by atoms with Crippen LogP contribution in [0.1, 0.15) is 10.4 Å². The molecule has 16 heavy (non-hydrogen) atoms. The van der Waals surface area contributed by atoms with Gasteiger partial charge >= 0.3 is 0 Å². The lowest BCUT2D eigenvalue weighted by Crippen LogP contribution is -2.14. The summed E-state index contributed by atoms with van der Waals surface area (Å²) >= 11 is 5.84. The summed E-state index contributed by atoms with van der Waals surface area (Å²) in [5.74, 6) is -0.156. The second-order valence-electron chi connectivity index (χ2n) is 2.88. The second kappa shape index (κ2) is 4.67. The molecule has 0 spiro atoms. The van der Waals surface area contributed by atoms with Crippen molar-refractivity contribution >= 4 is 23.5 Å². The summed E-state index contributed by atoms with van der Waals surface area (Å²) in [5.41, 5.74) is 0.289. The number of anilines is 1. The maximum absolute atomic E-state index is 11.7. The lowest BCUT2D eigenvalue weighted by atomic mass is 10.3. The van der Waals surface area contributed by atoms with Gasteiger partial charge in [0, 0.05) is 24.8 Å². The van der Waals surface area contributed by atoms with Crippen LogP contribution in [0.2, 0.25) is 5.02 Å². The Balaban J connectivity index is 2.19. The normalized spacial score (nSPS) is 9.81. The van der Waals surface area contributed by atoms with Gasteiger partial charge in [-0.3, -0.25) is 15.1 Å². The van der Waals surface area contributed by atoms with Crippen LogP contribution < -0.4 is 5.32 Å². The molecule has 0 aliphatic carbocycles. The van der Waals surface area contributed by atoms with E-state index < -0.39 is 0 Å². The van der Waals surface area contributed by atoms with E-state index >= 15 is 0 Å². The quantitative estimate of drug-likeness (QED) is 0.860. The zero-order valence-electron chi connectivity index (χ0n) is 8.09. The Labute approximate surface area is 96.5 Å². The molecule has 0 unspecified atom stereocenters. The third-order valence-corrected chi connectivity index (χ3v) is 2.13. The van der Waals surface area contributed by atoms with E-state index in [4.69, 9.17) is 11.6 Å². The highest BCUT2D eigenvalue weighted by Crippen LogP contribution is 2.14. The number of nitrogens with one attached hydrogen (secondary N) is 1. The highest BCUT2D eigenvalue weighted by atomic mass is 35.5. The largest absolute Gasteiger partial charge is 0.290 e. The van der Waals surface area contributed by atoms with Gasteiger partial charge in [0.2, 0.25) is 5.95 Å². The molecule has 5 nitrogen and oxygen atoms in total. The average Bonchev–Trinajstić information content (AvgIpc) is 2.31. The number of carbonyl (C=O) groups excluding carboxylic acids is 1. The van der Waals surface area contributed by atoms with Gasteiger partial charge in [0.05, 0.1) is 10.6 Å². The first-order valence-corrected chi connectivity index (χ1v) is 4.83. The van der Waals surface area contributed by atoms with Crippen molar-refractivity contribution in [3.8, 4) is 0 Å². The molecule has 2 rings (SSSR count). The molecule has 0 atom stereocenters. The van der Waals surface area contributed by atoms with Crippen molar-refractivity contribution in [2.24, 2.45) is 0 Å². The lowest BCUT2D eigenvalue weighted by molar-refractivity contribution is 0.102. The van der Waals surface area contributed by atoms with Crippen LogP contribution in [0, 0.1) is 0 Å². The van der Waals surface area contributed by atoms with Crippen LogP contribution in [0.5, 0.6) is 0 Å². The van der Waals surface area contributed by atoms with Crippen LogP contribution in [0.15, 0.2) is 36.9 Å². The molecular weight excluding hydrogens is 228 g/mol. The summed E-state index contributed by atoms with van der Waals surface area (Å²) in [6.07, 6.45) is 5.97. The maximum atomic E-state index is 11.7. The van der Waals surface area contributed by atoms with Gasteiger partial charge in [-0.05, 0) is 12.1 Å². The van der Waals surface area contributed by atoms with Gasteiger partial charge < -0.3 is 0 Å². The zero-order valence-corrected chi connectivity index (χ0v) is 8.85. The SMILES string of the molecule is O=C(Nc1ncccn1)c1cnccc1Cl. The number of hydrogen-bond donors (Lipinski definition) is 1. The standard InChI is InChI=1S/C10H7ClN4O/c11-8-2-5-12-6-7(8)9(16)15-10-13-3-1-4-14-10/h1-6H,(H,13,14,15,16). The van der Waals surface area contributed by atoms with Crippen LogP contribution in [0.3, 0.4) is 0 Å². The van der Waals surface area contributed by atoms with Crippen LogP contribution in [0.4, 0.5) is 5.95 Å². The number of nitrogens with zero attached hydrogens (tertiary/aromatic N) is 3. The first-order valence-electron chi connectivity index (χ1n) is 4.45. The zero-order chi connectivity index (χ0) is 11.4. The van der Waals surface area contributed by atoms with Gasteiger partial charge in [-0.1, -0.05) is 11.6 Å². The fourth-order valence-corrected chi connectivity index (χ4v) is 1.27. The molecule has 1 amide bonds. The third kappa shape index (κ3) is 2.32. The van der Waals surface area contributed by atoms with E-state index in [1.54, 1.807) is 12.1 Å². The summed E-state index contributed by atoms with van der Waals surface area (Å²) in [4.78, 5) is 23.3. The molecule has 0 saturated heterocycles. The Morgan fingerprint density at radius 3 is 2.69 bits per heavy atom. The molecule has 2 aromatic heterocycles. The molecule has 0 aliphatic rings. The lowest BCUT2D eigenvalue weighted by Gasteiger charge is -2.03. The van der Waals surface area contributed by atoms with E-state index in [1.165, 1.54) is 24.8 Å². The first-order chi connectivity index (χ1) is 7.77. The fraction of sp³-hybridized carbons (Fsp3) is 0. The molecule has 0 aromatic carbocycles. The van der Waals surface area contributed by atoms with Gasteiger partial charge in [-0.2, -0.15) is 0 Å². The highest BCUT2D eigenvalue weighted by molar-refractivity contribution is 6.34. The monoisotopic (exact) mass is 234 g/mol. The Morgan fingerprint density at radius 2 is 2.00 bits per heavy atom. The smallest absolute Gasteiger partial charge is 0.261 e. The van der Waals surface area contributed by atoms with Gasteiger partial charge in [0.1, 0.15) is 0 Å². The number of pyridine rings is 1. The van der Waals surface area contributed by atoms with E-state index in [0.717, 1.165) is 0 Å². The minimum Gasteiger partial charge on any atom is -0.290 e. The Morgan fingerprint density at radius 1 is 1.25 bits per heavy atom. The number of halogens is 1. The fourth-order valence-electron chi connectivity index (χ4n) is 1.08. The van der Waals surface area contributed by atoms with Crippen LogP contribution in [-0.4, -0.2) is 20.9 Å². The predicted octanol–water partition coefficient (Wildman–Crippen LogP) is 1.78. The van der Waals surface area contributed by atoms with Crippen LogP contribution in [0.25, 0.3) is 0 Å². The minimum atomic E-state index is -0.385. The minimum absolute atomic E-state index is 0.229. The average molecular weight is 235 g/mol. The topological polar surface area (TPSA) is 67.8 Å². The summed E-state index contributed by atoms with van der Waals surface area (Å²) in [7, 11) is 0. The third-order valence-electron chi connectivity index (χ3n) is 1.80. The molecule has 0 saturated carbocycles. The molecule has 1 N–H and O–H groups in total. The molecule has 2 aromatic rings. The molecule has 0 bridgehead atoms. The Hall–Kier alpha value is -2.01. The predicted molar refractivity (Wildman–Crippen MR) is 59.2 cm³/mol. The first kappa shape index (κ1) is 10.5. The van der Waals surface area contributed by atoms with Gasteiger partial charge in [-0.25, -0.2) is 9.97 Å². The van der Waals surface area contributed by atoms with Gasteiger partial charge in [0.15, 0.2) is 0 Å². The van der Waals surface area contributed by atoms with E-state index in [-0.39, 0.29) is 17.4 Å². The molecule has 0 aliphatic heterocycles. The number of hydrogen-bond acceptors (Lipinski definition) is 4. The van der Waals surface area contributed by atoms with Crippen LogP contribution in [-0.2, 0) is 0 Å². The van der Waals surface area contributed by atoms with E-state index in [1.807, 2.05) is 0 Å². The second-order valence-corrected chi connectivity index (χ2v) is 3.29.